The van der Waals surface area contributed by atoms with E-state index in [4.69, 9.17) is 0 Å². The standard InChI is InChI=1S/C20H24N2O3/c1-6-14-12-17(22(24)25)11-13(2)18(14)21-19(23)15-7-9-16(10-8-15)20(3,4)5/h7-12H,6H2,1-5H3,(H,21,23). The molecule has 2 rings (SSSR count). The summed E-state index contributed by atoms with van der Waals surface area (Å²) in [7, 11) is 0. The Hall–Kier alpha value is -2.69. The quantitative estimate of drug-likeness (QED) is 0.628. The average Bonchev–Trinajstić information content (AvgIpc) is 2.55. The van der Waals surface area contributed by atoms with Crippen molar-refractivity contribution in [3.63, 3.8) is 0 Å². The molecule has 132 valence electrons. The Labute approximate surface area is 148 Å². The Kier molecular flexibility index (Phi) is 5.26. The molecule has 0 aromatic heterocycles. The Bertz CT molecular complexity index is 803. The highest BCUT2D eigenvalue weighted by Gasteiger charge is 2.17. The lowest BCUT2D eigenvalue weighted by molar-refractivity contribution is -0.384. The number of non-ortho nitro benzene ring substituents is 1. The van der Waals surface area contributed by atoms with Gasteiger partial charge in [-0.3, -0.25) is 14.9 Å². The van der Waals surface area contributed by atoms with Crippen LogP contribution in [0.3, 0.4) is 0 Å². The van der Waals surface area contributed by atoms with Gasteiger partial charge in [-0.15, -0.1) is 0 Å². The summed E-state index contributed by atoms with van der Waals surface area (Å²) >= 11 is 0. The summed E-state index contributed by atoms with van der Waals surface area (Å²) in [5, 5.41) is 13.9. The van der Waals surface area contributed by atoms with Crippen molar-refractivity contribution in [2.45, 2.75) is 46.5 Å². The van der Waals surface area contributed by atoms with Gasteiger partial charge in [0.15, 0.2) is 0 Å². The van der Waals surface area contributed by atoms with Crippen LogP contribution in [-0.4, -0.2) is 10.8 Å². The summed E-state index contributed by atoms with van der Waals surface area (Å²) in [5.41, 5.74) is 3.88. The van der Waals surface area contributed by atoms with Crippen molar-refractivity contribution in [3.8, 4) is 0 Å². The van der Waals surface area contributed by atoms with Crippen LogP contribution in [0.1, 0.15) is 54.7 Å². The molecule has 0 unspecified atom stereocenters. The molecule has 0 heterocycles. The number of nitro groups is 1. The van der Waals surface area contributed by atoms with Gasteiger partial charge in [0.05, 0.1) is 4.92 Å². The zero-order valence-electron chi connectivity index (χ0n) is 15.3. The molecule has 0 saturated carbocycles. The fourth-order valence-corrected chi connectivity index (χ4v) is 2.71. The van der Waals surface area contributed by atoms with E-state index in [1.807, 2.05) is 31.2 Å². The van der Waals surface area contributed by atoms with Gasteiger partial charge in [0.1, 0.15) is 0 Å². The van der Waals surface area contributed by atoms with E-state index in [1.54, 1.807) is 6.92 Å². The highest BCUT2D eigenvalue weighted by atomic mass is 16.6. The predicted octanol–water partition coefficient (Wildman–Crippen LogP) is 5.02. The van der Waals surface area contributed by atoms with E-state index in [0.29, 0.717) is 23.2 Å². The first-order chi connectivity index (χ1) is 11.6. The van der Waals surface area contributed by atoms with Gasteiger partial charge in [-0.05, 0) is 47.6 Å². The number of anilines is 1. The summed E-state index contributed by atoms with van der Waals surface area (Å²) < 4.78 is 0. The van der Waals surface area contributed by atoms with E-state index >= 15 is 0 Å². The minimum Gasteiger partial charge on any atom is -0.321 e. The lowest BCUT2D eigenvalue weighted by atomic mass is 9.86. The predicted molar refractivity (Wildman–Crippen MR) is 100 cm³/mol. The number of rotatable bonds is 4. The number of hydrogen-bond acceptors (Lipinski definition) is 3. The normalized spacial score (nSPS) is 11.2. The van der Waals surface area contributed by atoms with Crippen molar-refractivity contribution < 1.29 is 9.72 Å². The highest BCUT2D eigenvalue weighted by Crippen LogP contribution is 2.28. The molecule has 25 heavy (non-hydrogen) atoms. The molecule has 1 N–H and O–H groups in total. The van der Waals surface area contributed by atoms with Gasteiger partial charge in [-0.25, -0.2) is 0 Å². The van der Waals surface area contributed by atoms with Gasteiger partial charge in [0.2, 0.25) is 0 Å². The summed E-state index contributed by atoms with van der Waals surface area (Å²) in [6, 6.07) is 10.5. The van der Waals surface area contributed by atoms with Crippen molar-refractivity contribution >= 4 is 17.3 Å². The zero-order valence-corrected chi connectivity index (χ0v) is 15.3. The van der Waals surface area contributed by atoms with Gasteiger partial charge >= 0.3 is 0 Å². The van der Waals surface area contributed by atoms with E-state index in [1.165, 1.54) is 12.1 Å². The molecule has 0 radical (unpaired) electrons. The lowest BCUT2D eigenvalue weighted by Crippen LogP contribution is -2.16. The summed E-state index contributed by atoms with van der Waals surface area (Å²) in [5.74, 6) is -0.216. The number of nitrogens with zero attached hydrogens (tertiary/aromatic N) is 1. The number of amides is 1. The van der Waals surface area contributed by atoms with Crippen molar-refractivity contribution in [1.29, 1.82) is 0 Å². The van der Waals surface area contributed by atoms with Crippen molar-refractivity contribution in [3.05, 3.63) is 68.8 Å². The number of nitro benzene ring substituents is 1. The van der Waals surface area contributed by atoms with Gasteiger partial charge in [0.25, 0.3) is 11.6 Å². The molecular weight excluding hydrogens is 316 g/mol. The average molecular weight is 340 g/mol. The van der Waals surface area contributed by atoms with Crippen LogP contribution >= 0.6 is 0 Å². The molecule has 0 saturated heterocycles. The van der Waals surface area contributed by atoms with E-state index in [9.17, 15) is 14.9 Å². The van der Waals surface area contributed by atoms with Crippen molar-refractivity contribution in [2.75, 3.05) is 5.32 Å². The van der Waals surface area contributed by atoms with Crippen LogP contribution in [0.25, 0.3) is 0 Å². The second-order valence-corrected chi connectivity index (χ2v) is 7.19. The zero-order chi connectivity index (χ0) is 18.8. The van der Waals surface area contributed by atoms with Crippen LogP contribution in [-0.2, 0) is 11.8 Å². The van der Waals surface area contributed by atoms with E-state index in [-0.39, 0.29) is 17.0 Å². The number of hydrogen-bond donors (Lipinski definition) is 1. The van der Waals surface area contributed by atoms with E-state index in [0.717, 1.165) is 11.1 Å². The second kappa shape index (κ2) is 7.05. The molecule has 0 fully saturated rings. The van der Waals surface area contributed by atoms with E-state index in [2.05, 4.69) is 26.1 Å². The fourth-order valence-electron chi connectivity index (χ4n) is 2.71. The molecule has 5 heteroatoms. The number of carbonyl (C=O) groups excluding carboxylic acids is 1. The van der Waals surface area contributed by atoms with Crippen molar-refractivity contribution in [2.24, 2.45) is 0 Å². The second-order valence-electron chi connectivity index (χ2n) is 7.19. The lowest BCUT2D eigenvalue weighted by Gasteiger charge is -2.19. The molecule has 0 atom stereocenters. The molecule has 0 aliphatic carbocycles. The number of nitrogens with one attached hydrogen (secondary N) is 1. The summed E-state index contributed by atoms with van der Waals surface area (Å²) in [6.45, 7) is 10.0. The summed E-state index contributed by atoms with van der Waals surface area (Å²) in [6.07, 6.45) is 0.598. The minimum atomic E-state index is -0.414. The first kappa shape index (κ1) is 18.6. The smallest absolute Gasteiger partial charge is 0.270 e. The number of aryl methyl sites for hydroxylation is 2. The SMILES string of the molecule is CCc1cc([N+](=O)[O-])cc(C)c1NC(=O)c1ccc(C(C)(C)C)cc1. The molecule has 2 aromatic carbocycles. The topological polar surface area (TPSA) is 72.2 Å². The third-order valence-corrected chi connectivity index (χ3v) is 4.25. The highest BCUT2D eigenvalue weighted by molar-refractivity contribution is 6.05. The maximum Gasteiger partial charge on any atom is 0.270 e. The first-order valence-electron chi connectivity index (χ1n) is 8.33. The van der Waals surface area contributed by atoms with E-state index < -0.39 is 4.92 Å². The Morgan fingerprint density at radius 1 is 1.16 bits per heavy atom. The van der Waals surface area contributed by atoms with Gasteiger partial charge in [-0.1, -0.05) is 39.8 Å². The third kappa shape index (κ3) is 4.24. The van der Waals surface area contributed by atoms with Crippen LogP contribution in [0.4, 0.5) is 11.4 Å². The van der Waals surface area contributed by atoms with Gasteiger partial charge < -0.3 is 5.32 Å². The largest absolute Gasteiger partial charge is 0.321 e. The van der Waals surface area contributed by atoms with Crippen molar-refractivity contribution in [1.82, 2.24) is 0 Å². The monoisotopic (exact) mass is 340 g/mol. The third-order valence-electron chi connectivity index (χ3n) is 4.25. The van der Waals surface area contributed by atoms with Crippen LogP contribution in [0, 0.1) is 17.0 Å². The number of benzene rings is 2. The first-order valence-corrected chi connectivity index (χ1v) is 8.33. The molecule has 0 bridgehead atoms. The number of carbonyl (C=O) groups is 1. The minimum absolute atomic E-state index is 0.0271. The van der Waals surface area contributed by atoms with Crippen LogP contribution < -0.4 is 5.32 Å². The molecule has 0 aliphatic rings. The van der Waals surface area contributed by atoms with Crippen LogP contribution in [0.2, 0.25) is 0 Å². The molecule has 0 aliphatic heterocycles. The van der Waals surface area contributed by atoms with Crippen LogP contribution in [0.15, 0.2) is 36.4 Å². The maximum absolute atomic E-state index is 12.6. The summed E-state index contributed by atoms with van der Waals surface area (Å²) in [4.78, 5) is 23.2. The Morgan fingerprint density at radius 2 is 1.76 bits per heavy atom. The molecule has 5 nitrogen and oxygen atoms in total. The van der Waals surface area contributed by atoms with Crippen LogP contribution in [0.5, 0.6) is 0 Å². The van der Waals surface area contributed by atoms with Gasteiger partial charge in [-0.2, -0.15) is 0 Å². The maximum atomic E-state index is 12.6. The Balaban J connectivity index is 2.30. The Morgan fingerprint density at radius 3 is 2.24 bits per heavy atom. The molecule has 2 aromatic rings. The molecule has 1 amide bonds. The van der Waals surface area contributed by atoms with Gasteiger partial charge in [0, 0.05) is 23.4 Å². The molecular formula is C20H24N2O3. The molecule has 0 spiro atoms. The fraction of sp³-hybridized carbons (Fsp3) is 0.350.